The molecule has 4 heteroatoms. The van der Waals surface area contributed by atoms with Crippen LogP contribution in [0.4, 0.5) is 4.79 Å². The monoisotopic (exact) mass is 276 g/mol. The molecule has 1 aliphatic rings. The summed E-state index contributed by atoms with van der Waals surface area (Å²) < 4.78 is 5.12. The van der Waals surface area contributed by atoms with Crippen LogP contribution in [0.5, 0.6) is 5.75 Å². The van der Waals surface area contributed by atoms with Crippen molar-refractivity contribution in [2.45, 2.75) is 39.3 Å². The van der Waals surface area contributed by atoms with Gasteiger partial charge in [0.25, 0.3) is 0 Å². The van der Waals surface area contributed by atoms with Crippen LogP contribution < -0.4 is 10.1 Å². The molecule has 0 unspecified atom stereocenters. The third-order valence-electron chi connectivity index (χ3n) is 3.41. The Morgan fingerprint density at radius 1 is 1.35 bits per heavy atom. The van der Waals surface area contributed by atoms with E-state index in [0.717, 1.165) is 30.7 Å². The van der Waals surface area contributed by atoms with E-state index in [0.29, 0.717) is 18.5 Å². The zero-order chi connectivity index (χ0) is 14.5. The maximum atomic E-state index is 12.2. The van der Waals surface area contributed by atoms with Gasteiger partial charge in [-0.25, -0.2) is 4.79 Å². The Hall–Kier alpha value is -1.71. The number of carbonyl (C=O) groups is 1. The van der Waals surface area contributed by atoms with Crippen LogP contribution in [-0.4, -0.2) is 30.6 Å². The molecule has 1 aromatic rings. The van der Waals surface area contributed by atoms with Crippen molar-refractivity contribution in [2.24, 2.45) is 5.92 Å². The fourth-order valence-corrected chi connectivity index (χ4v) is 2.20. The number of hydrogen-bond donors (Lipinski definition) is 1. The van der Waals surface area contributed by atoms with Gasteiger partial charge in [0.15, 0.2) is 0 Å². The van der Waals surface area contributed by atoms with Crippen molar-refractivity contribution in [3.05, 3.63) is 29.8 Å². The highest BCUT2D eigenvalue weighted by Crippen LogP contribution is 2.27. The van der Waals surface area contributed by atoms with Crippen molar-refractivity contribution >= 4 is 6.03 Å². The first-order chi connectivity index (χ1) is 9.60. The highest BCUT2D eigenvalue weighted by atomic mass is 16.5. The van der Waals surface area contributed by atoms with Crippen LogP contribution >= 0.6 is 0 Å². The lowest BCUT2D eigenvalue weighted by molar-refractivity contribution is 0.187. The Morgan fingerprint density at radius 2 is 2.00 bits per heavy atom. The molecule has 0 radical (unpaired) electrons. The van der Waals surface area contributed by atoms with Gasteiger partial charge in [0, 0.05) is 19.1 Å². The molecule has 20 heavy (non-hydrogen) atoms. The molecule has 1 N–H and O–H groups in total. The molecule has 110 valence electrons. The number of nitrogens with zero attached hydrogens (tertiary/aromatic N) is 1. The normalized spacial score (nSPS) is 14.2. The van der Waals surface area contributed by atoms with Gasteiger partial charge in [-0.1, -0.05) is 26.0 Å². The summed E-state index contributed by atoms with van der Waals surface area (Å²) in [6.07, 6.45) is 2.28. The third-order valence-corrected chi connectivity index (χ3v) is 3.41. The Bertz CT molecular complexity index is 438. The van der Waals surface area contributed by atoms with Crippen LogP contribution in [0.2, 0.25) is 0 Å². The molecule has 0 aliphatic heterocycles. The van der Waals surface area contributed by atoms with E-state index in [4.69, 9.17) is 4.74 Å². The van der Waals surface area contributed by atoms with Gasteiger partial charge in [-0.2, -0.15) is 0 Å². The Labute approximate surface area is 121 Å². The molecule has 0 aromatic heterocycles. The number of ether oxygens (including phenoxy) is 1. The van der Waals surface area contributed by atoms with Crippen LogP contribution in [-0.2, 0) is 6.54 Å². The number of amides is 2. The summed E-state index contributed by atoms with van der Waals surface area (Å²) in [7, 11) is 1.65. The second-order valence-electron chi connectivity index (χ2n) is 5.78. The van der Waals surface area contributed by atoms with Crippen molar-refractivity contribution in [2.75, 3.05) is 13.7 Å². The lowest BCUT2D eigenvalue weighted by atomic mass is 10.2. The number of urea groups is 1. The van der Waals surface area contributed by atoms with Crippen molar-refractivity contribution in [3.8, 4) is 5.75 Å². The summed E-state index contributed by atoms with van der Waals surface area (Å²) >= 11 is 0. The van der Waals surface area contributed by atoms with Crippen LogP contribution in [0.3, 0.4) is 0 Å². The molecular weight excluding hydrogens is 252 g/mol. The minimum atomic E-state index is 0.0528. The van der Waals surface area contributed by atoms with Crippen molar-refractivity contribution in [3.63, 3.8) is 0 Å². The maximum absolute atomic E-state index is 12.2. The summed E-state index contributed by atoms with van der Waals surface area (Å²) in [6, 6.07) is 8.28. The largest absolute Gasteiger partial charge is 0.497 e. The van der Waals surface area contributed by atoms with Crippen molar-refractivity contribution in [1.82, 2.24) is 10.2 Å². The average Bonchev–Trinajstić information content (AvgIpc) is 3.27. The van der Waals surface area contributed by atoms with E-state index in [2.05, 4.69) is 19.2 Å². The molecule has 0 saturated heterocycles. The number of hydrogen-bond acceptors (Lipinski definition) is 2. The van der Waals surface area contributed by atoms with Crippen molar-refractivity contribution in [1.29, 1.82) is 0 Å². The fraction of sp³-hybridized carbons (Fsp3) is 0.562. The highest BCUT2D eigenvalue weighted by molar-refractivity contribution is 5.74. The zero-order valence-corrected chi connectivity index (χ0v) is 12.6. The number of nitrogens with one attached hydrogen (secondary N) is 1. The predicted octanol–water partition coefficient (Wildman–Crippen LogP) is 3.03. The molecular formula is C16H24N2O2. The minimum Gasteiger partial charge on any atom is -0.497 e. The minimum absolute atomic E-state index is 0.0528. The average molecular weight is 276 g/mol. The molecule has 2 rings (SSSR count). The van der Waals surface area contributed by atoms with Crippen LogP contribution in [0.25, 0.3) is 0 Å². The highest BCUT2D eigenvalue weighted by Gasteiger charge is 2.32. The second kappa shape index (κ2) is 6.64. The van der Waals surface area contributed by atoms with Gasteiger partial charge in [-0.3, -0.25) is 0 Å². The van der Waals surface area contributed by atoms with E-state index < -0.39 is 0 Å². The standard InChI is InChI=1S/C16H24N2O2/c1-12(2)11-18(14-6-7-14)16(19)17-10-13-4-8-15(20-3)9-5-13/h4-5,8-9,12,14H,6-7,10-11H2,1-3H3,(H,17,19). The van der Waals surface area contributed by atoms with Crippen LogP contribution in [0.15, 0.2) is 24.3 Å². The summed E-state index contributed by atoms with van der Waals surface area (Å²) in [5.41, 5.74) is 1.08. The van der Waals surface area contributed by atoms with E-state index in [9.17, 15) is 4.79 Å². The number of rotatable bonds is 6. The topological polar surface area (TPSA) is 41.6 Å². The lowest BCUT2D eigenvalue weighted by Crippen LogP contribution is -2.42. The Balaban J connectivity index is 1.86. The van der Waals surface area contributed by atoms with E-state index in [1.54, 1.807) is 7.11 Å². The van der Waals surface area contributed by atoms with Gasteiger partial charge in [0.1, 0.15) is 5.75 Å². The summed E-state index contributed by atoms with van der Waals surface area (Å²) in [5, 5.41) is 3.01. The van der Waals surface area contributed by atoms with Gasteiger partial charge in [-0.05, 0) is 36.5 Å². The molecule has 0 atom stereocenters. The number of benzene rings is 1. The van der Waals surface area contributed by atoms with Gasteiger partial charge < -0.3 is 15.0 Å². The van der Waals surface area contributed by atoms with E-state index in [1.807, 2.05) is 29.2 Å². The van der Waals surface area contributed by atoms with Gasteiger partial charge >= 0.3 is 6.03 Å². The van der Waals surface area contributed by atoms with E-state index in [-0.39, 0.29) is 6.03 Å². The molecule has 0 heterocycles. The molecule has 0 spiro atoms. The van der Waals surface area contributed by atoms with Crippen molar-refractivity contribution < 1.29 is 9.53 Å². The van der Waals surface area contributed by atoms with Gasteiger partial charge in [0.05, 0.1) is 7.11 Å². The molecule has 0 bridgehead atoms. The van der Waals surface area contributed by atoms with E-state index in [1.165, 1.54) is 0 Å². The molecule has 1 fully saturated rings. The zero-order valence-electron chi connectivity index (χ0n) is 12.6. The van der Waals surface area contributed by atoms with Gasteiger partial charge in [-0.15, -0.1) is 0 Å². The first-order valence-corrected chi connectivity index (χ1v) is 7.27. The summed E-state index contributed by atoms with van der Waals surface area (Å²) in [5.74, 6) is 1.34. The number of methoxy groups -OCH3 is 1. The fourth-order valence-electron chi connectivity index (χ4n) is 2.20. The molecule has 1 aliphatic carbocycles. The third kappa shape index (κ3) is 4.15. The lowest BCUT2D eigenvalue weighted by Gasteiger charge is -2.24. The summed E-state index contributed by atoms with van der Waals surface area (Å²) in [4.78, 5) is 14.2. The van der Waals surface area contributed by atoms with E-state index >= 15 is 0 Å². The van der Waals surface area contributed by atoms with Crippen LogP contribution in [0, 0.1) is 5.92 Å². The smallest absolute Gasteiger partial charge is 0.317 e. The molecule has 1 saturated carbocycles. The SMILES string of the molecule is COc1ccc(CNC(=O)N(CC(C)C)C2CC2)cc1. The van der Waals surface area contributed by atoms with Gasteiger partial charge in [0.2, 0.25) is 0 Å². The molecule has 2 amide bonds. The first kappa shape index (κ1) is 14.7. The Morgan fingerprint density at radius 3 is 2.50 bits per heavy atom. The Kier molecular flexibility index (Phi) is 4.88. The maximum Gasteiger partial charge on any atom is 0.317 e. The predicted molar refractivity (Wildman–Crippen MR) is 79.8 cm³/mol. The molecule has 4 nitrogen and oxygen atoms in total. The first-order valence-electron chi connectivity index (χ1n) is 7.27. The second-order valence-corrected chi connectivity index (χ2v) is 5.78. The molecule has 1 aromatic carbocycles. The number of carbonyl (C=O) groups excluding carboxylic acids is 1. The quantitative estimate of drug-likeness (QED) is 0.867. The summed E-state index contributed by atoms with van der Waals surface area (Å²) in [6.45, 7) is 5.68. The van der Waals surface area contributed by atoms with Crippen LogP contribution in [0.1, 0.15) is 32.3 Å².